The molecule has 1 saturated heterocycles. The number of benzene rings is 2. The molecular formula is C23H22N2O3. The first-order valence-corrected chi connectivity index (χ1v) is 9.44. The third kappa shape index (κ3) is 3.64. The predicted octanol–water partition coefficient (Wildman–Crippen LogP) is 4.06. The lowest BCUT2D eigenvalue weighted by Crippen LogP contribution is -2.56. The molecular weight excluding hydrogens is 352 g/mol. The van der Waals surface area contributed by atoms with E-state index >= 15 is 0 Å². The summed E-state index contributed by atoms with van der Waals surface area (Å²) in [5.74, 6) is 0. The van der Waals surface area contributed by atoms with Crippen LogP contribution >= 0.6 is 0 Å². The zero-order valence-corrected chi connectivity index (χ0v) is 15.8. The van der Waals surface area contributed by atoms with Gasteiger partial charge in [-0.15, -0.1) is 0 Å². The fraction of sp³-hybridized carbons (Fsp3) is 0.304. The van der Waals surface area contributed by atoms with Crippen LogP contribution in [0.2, 0.25) is 0 Å². The summed E-state index contributed by atoms with van der Waals surface area (Å²) in [5.41, 5.74) is 4.81. The normalized spacial score (nSPS) is 20.9. The molecule has 0 saturated carbocycles. The molecule has 2 atom stereocenters. The van der Waals surface area contributed by atoms with Gasteiger partial charge in [-0.05, 0) is 41.7 Å². The number of hydrogen-bond donors (Lipinski definition) is 0. The van der Waals surface area contributed by atoms with Gasteiger partial charge in [-0.1, -0.05) is 48.5 Å². The molecule has 0 spiro atoms. The number of carbonyl (C=O) groups is 1. The lowest BCUT2D eigenvalue weighted by Gasteiger charge is -2.43. The molecule has 5 heteroatoms. The lowest BCUT2D eigenvalue weighted by atomic mass is 9.89. The van der Waals surface area contributed by atoms with Gasteiger partial charge in [-0.25, -0.2) is 4.79 Å². The molecule has 142 valence electrons. The van der Waals surface area contributed by atoms with Gasteiger partial charge in [0, 0.05) is 0 Å². The number of rotatable bonds is 3. The Kier molecular flexibility index (Phi) is 5.14. The van der Waals surface area contributed by atoms with E-state index in [0.29, 0.717) is 25.2 Å². The maximum Gasteiger partial charge on any atom is 0.411 e. The molecule has 28 heavy (non-hydrogen) atoms. The molecule has 2 heterocycles. The van der Waals surface area contributed by atoms with E-state index < -0.39 is 0 Å². The number of amides is 1. The minimum Gasteiger partial charge on any atom is -0.445 e. The van der Waals surface area contributed by atoms with Crippen molar-refractivity contribution < 1.29 is 14.3 Å². The summed E-state index contributed by atoms with van der Waals surface area (Å²) in [6, 6.07) is 17.7. The highest BCUT2D eigenvalue weighted by molar-refractivity contribution is 5.75. The quantitative estimate of drug-likeness (QED) is 0.813. The van der Waals surface area contributed by atoms with Crippen LogP contribution < -0.4 is 0 Å². The number of carbonyl (C=O) groups excluding carboxylic acids is 1. The maximum atomic E-state index is 12.7. The zero-order valence-electron chi connectivity index (χ0n) is 15.8. The van der Waals surface area contributed by atoms with Crippen LogP contribution in [0.4, 0.5) is 4.79 Å². The van der Waals surface area contributed by atoms with Gasteiger partial charge in [0.15, 0.2) is 0 Å². The predicted molar refractivity (Wildman–Crippen MR) is 105 cm³/mol. The van der Waals surface area contributed by atoms with Crippen molar-refractivity contribution in [2.75, 3.05) is 13.2 Å². The minimum atomic E-state index is -0.306. The van der Waals surface area contributed by atoms with Crippen LogP contribution in [0.3, 0.4) is 0 Å². The van der Waals surface area contributed by atoms with E-state index in [4.69, 9.17) is 9.47 Å². The van der Waals surface area contributed by atoms with Gasteiger partial charge < -0.3 is 9.47 Å². The van der Waals surface area contributed by atoms with Crippen LogP contribution in [0, 0.1) is 18.3 Å². The number of ether oxygens (including phenoxy) is 2. The smallest absolute Gasteiger partial charge is 0.411 e. The summed E-state index contributed by atoms with van der Waals surface area (Å²) in [4.78, 5) is 14.6. The highest BCUT2D eigenvalue weighted by Gasteiger charge is 2.39. The third-order valence-electron chi connectivity index (χ3n) is 5.34. The van der Waals surface area contributed by atoms with E-state index in [2.05, 4.69) is 12.1 Å². The largest absolute Gasteiger partial charge is 0.445 e. The van der Waals surface area contributed by atoms with E-state index in [0.717, 1.165) is 22.3 Å². The number of morpholine rings is 1. The van der Waals surface area contributed by atoms with E-state index in [-0.39, 0.29) is 24.8 Å². The molecule has 0 N–H and O–H groups in total. The fourth-order valence-corrected chi connectivity index (χ4v) is 3.83. The zero-order chi connectivity index (χ0) is 19.5. The molecule has 0 aliphatic carbocycles. The summed E-state index contributed by atoms with van der Waals surface area (Å²) in [7, 11) is 0. The third-order valence-corrected chi connectivity index (χ3v) is 5.34. The molecule has 5 nitrogen and oxygen atoms in total. The molecule has 0 radical (unpaired) electrons. The van der Waals surface area contributed by atoms with E-state index in [1.54, 1.807) is 4.90 Å². The molecule has 4 rings (SSSR count). The number of hydrogen-bond acceptors (Lipinski definition) is 4. The monoisotopic (exact) mass is 374 g/mol. The number of fused-ring (bicyclic) bond motifs is 2. The highest BCUT2D eigenvalue weighted by Crippen LogP contribution is 2.33. The highest BCUT2D eigenvalue weighted by atomic mass is 16.6. The summed E-state index contributed by atoms with van der Waals surface area (Å²) in [6.45, 7) is 3.14. The minimum absolute atomic E-state index is 0.0612. The Morgan fingerprint density at radius 1 is 1.25 bits per heavy atom. The second-order valence-corrected chi connectivity index (χ2v) is 7.24. The van der Waals surface area contributed by atoms with Gasteiger partial charge in [0.25, 0.3) is 0 Å². The number of nitriles is 1. The molecule has 1 fully saturated rings. The van der Waals surface area contributed by atoms with Crippen molar-refractivity contribution in [1.29, 1.82) is 5.26 Å². The Hall–Kier alpha value is -3.10. The van der Waals surface area contributed by atoms with Gasteiger partial charge in [-0.2, -0.15) is 5.26 Å². The summed E-state index contributed by atoms with van der Waals surface area (Å²) in [5, 5.41) is 9.31. The van der Waals surface area contributed by atoms with Gasteiger partial charge in [0.2, 0.25) is 0 Å². The molecule has 0 aromatic heterocycles. The first-order valence-electron chi connectivity index (χ1n) is 9.44. The summed E-state index contributed by atoms with van der Waals surface area (Å²) in [6.07, 6.45) is 2.45. The van der Waals surface area contributed by atoms with E-state index in [1.807, 2.05) is 55.5 Å². The standard InChI is InChI=1S/C23H22N2O3/c1-16-7-8-18(9-20(16)12-24)19-10-21-14-27-15-22(11-19)25(21)23(26)28-13-17-5-3-2-4-6-17/h2-10,21-22H,11,13-15H2,1H3. The Morgan fingerprint density at radius 3 is 2.82 bits per heavy atom. The Labute approximate surface area is 164 Å². The van der Waals surface area contributed by atoms with Crippen LogP contribution in [0.15, 0.2) is 54.6 Å². The molecule has 2 unspecified atom stereocenters. The van der Waals surface area contributed by atoms with Crippen molar-refractivity contribution in [1.82, 2.24) is 4.90 Å². The molecule has 2 aliphatic heterocycles. The first kappa shape index (κ1) is 18.3. The molecule has 2 aromatic carbocycles. The van der Waals surface area contributed by atoms with Crippen molar-refractivity contribution in [3.05, 3.63) is 76.9 Å². The van der Waals surface area contributed by atoms with Crippen LogP contribution in [0.1, 0.15) is 28.7 Å². The Bertz CT molecular complexity index is 946. The van der Waals surface area contributed by atoms with Crippen LogP contribution in [0.25, 0.3) is 5.57 Å². The van der Waals surface area contributed by atoms with Crippen LogP contribution in [0.5, 0.6) is 0 Å². The molecule has 2 aromatic rings. The average molecular weight is 374 g/mol. The molecule has 2 bridgehead atoms. The first-order chi connectivity index (χ1) is 13.7. The van der Waals surface area contributed by atoms with Gasteiger partial charge in [-0.3, -0.25) is 4.90 Å². The van der Waals surface area contributed by atoms with Crippen molar-refractivity contribution in [2.24, 2.45) is 0 Å². The maximum absolute atomic E-state index is 12.7. The topological polar surface area (TPSA) is 62.6 Å². The molecule has 2 aliphatic rings. The molecule has 1 amide bonds. The van der Waals surface area contributed by atoms with E-state index in [9.17, 15) is 10.1 Å². The van der Waals surface area contributed by atoms with Crippen molar-refractivity contribution >= 4 is 11.7 Å². The Morgan fingerprint density at radius 2 is 2.07 bits per heavy atom. The Balaban J connectivity index is 1.52. The van der Waals surface area contributed by atoms with Crippen molar-refractivity contribution in [3.63, 3.8) is 0 Å². The van der Waals surface area contributed by atoms with Crippen LogP contribution in [-0.2, 0) is 16.1 Å². The number of aryl methyl sites for hydroxylation is 1. The lowest BCUT2D eigenvalue weighted by molar-refractivity contribution is -0.0342. The second kappa shape index (κ2) is 7.87. The summed E-state index contributed by atoms with van der Waals surface area (Å²) >= 11 is 0. The average Bonchev–Trinajstić information content (AvgIpc) is 2.72. The van der Waals surface area contributed by atoms with Gasteiger partial charge >= 0.3 is 6.09 Å². The SMILES string of the molecule is Cc1ccc(C2=CC3COCC(C2)N3C(=O)OCc2ccccc2)cc1C#N. The summed E-state index contributed by atoms with van der Waals surface area (Å²) < 4.78 is 11.2. The van der Waals surface area contributed by atoms with Gasteiger partial charge in [0.1, 0.15) is 6.61 Å². The fourth-order valence-electron chi connectivity index (χ4n) is 3.83. The van der Waals surface area contributed by atoms with Crippen molar-refractivity contribution in [3.8, 4) is 6.07 Å². The van der Waals surface area contributed by atoms with E-state index in [1.165, 1.54) is 0 Å². The van der Waals surface area contributed by atoms with Crippen LogP contribution in [-0.4, -0.2) is 36.3 Å². The number of nitrogens with zero attached hydrogens (tertiary/aromatic N) is 2. The van der Waals surface area contributed by atoms with Gasteiger partial charge in [0.05, 0.1) is 36.9 Å². The van der Waals surface area contributed by atoms with Crippen molar-refractivity contribution in [2.45, 2.75) is 32.0 Å². The second-order valence-electron chi connectivity index (χ2n) is 7.24.